The second-order valence-electron chi connectivity index (χ2n) is 5.54. The molecule has 102 valence electrons. The maximum Gasteiger partial charge on any atom is 0.254 e. The van der Waals surface area contributed by atoms with Gasteiger partial charge in [0.2, 0.25) is 5.91 Å². The molecule has 2 amide bonds. The standard InChI is InChI=1S/C15H20N2O2/c1-9(2)8-17-13-6-5-10(3)7-12(13)14(15(17)19)16-11(4)18/h5-7,9,14H,8H2,1-4H3,(H,16,18)/t14-/m0/s1. The number of fused-ring (bicyclic) bond motifs is 1. The van der Waals surface area contributed by atoms with Crippen LogP contribution in [0.2, 0.25) is 0 Å². The molecule has 19 heavy (non-hydrogen) atoms. The van der Waals surface area contributed by atoms with Gasteiger partial charge in [-0.25, -0.2) is 0 Å². The van der Waals surface area contributed by atoms with E-state index in [-0.39, 0.29) is 11.8 Å². The van der Waals surface area contributed by atoms with Crippen LogP contribution in [0.1, 0.15) is 37.9 Å². The van der Waals surface area contributed by atoms with E-state index in [1.807, 2.05) is 25.1 Å². The molecule has 1 aromatic carbocycles. The van der Waals surface area contributed by atoms with Crippen molar-refractivity contribution in [3.8, 4) is 0 Å². The van der Waals surface area contributed by atoms with E-state index in [1.165, 1.54) is 6.92 Å². The van der Waals surface area contributed by atoms with Crippen LogP contribution in [0.3, 0.4) is 0 Å². The maximum absolute atomic E-state index is 12.5. The van der Waals surface area contributed by atoms with Crippen LogP contribution in [0.4, 0.5) is 5.69 Å². The lowest BCUT2D eigenvalue weighted by Gasteiger charge is -2.20. The molecule has 1 heterocycles. The summed E-state index contributed by atoms with van der Waals surface area (Å²) in [5.41, 5.74) is 2.91. The summed E-state index contributed by atoms with van der Waals surface area (Å²) < 4.78 is 0. The van der Waals surface area contributed by atoms with Crippen LogP contribution in [0.15, 0.2) is 18.2 Å². The highest BCUT2D eigenvalue weighted by atomic mass is 16.2. The van der Waals surface area contributed by atoms with Crippen LogP contribution in [-0.4, -0.2) is 18.4 Å². The molecular weight excluding hydrogens is 240 g/mol. The molecule has 0 bridgehead atoms. The van der Waals surface area contributed by atoms with Crippen LogP contribution in [-0.2, 0) is 9.59 Å². The SMILES string of the molecule is CC(=O)N[C@@H]1C(=O)N(CC(C)C)c2ccc(C)cc21. The van der Waals surface area contributed by atoms with Gasteiger partial charge in [0.15, 0.2) is 0 Å². The highest BCUT2D eigenvalue weighted by Gasteiger charge is 2.37. The summed E-state index contributed by atoms with van der Waals surface area (Å²) in [7, 11) is 0. The molecule has 0 radical (unpaired) electrons. The minimum atomic E-state index is -0.536. The normalized spacial score (nSPS) is 17.8. The van der Waals surface area contributed by atoms with Gasteiger partial charge in [-0.3, -0.25) is 9.59 Å². The molecule has 2 rings (SSSR count). The zero-order valence-corrected chi connectivity index (χ0v) is 11.9. The van der Waals surface area contributed by atoms with Crippen LogP contribution in [0.25, 0.3) is 0 Å². The lowest BCUT2D eigenvalue weighted by molar-refractivity contribution is -0.126. The molecule has 4 nitrogen and oxygen atoms in total. The number of nitrogens with zero attached hydrogens (tertiary/aromatic N) is 1. The van der Waals surface area contributed by atoms with Crippen molar-refractivity contribution < 1.29 is 9.59 Å². The van der Waals surface area contributed by atoms with Crippen molar-refractivity contribution in [1.29, 1.82) is 0 Å². The Morgan fingerprint density at radius 3 is 2.68 bits per heavy atom. The van der Waals surface area contributed by atoms with Crippen molar-refractivity contribution >= 4 is 17.5 Å². The number of carbonyl (C=O) groups excluding carboxylic acids is 2. The second-order valence-corrected chi connectivity index (χ2v) is 5.54. The van der Waals surface area contributed by atoms with Crippen LogP contribution in [0, 0.1) is 12.8 Å². The second kappa shape index (κ2) is 5.03. The van der Waals surface area contributed by atoms with Gasteiger partial charge in [-0.05, 0) is 18.9 Å². The lowest BCUT2D eigenvalue weighted by atomic mass is 10.1. The van der Waals surface area contributed by atoms with Gasteiger partial charge < -0.3 is 10.2 Å². The summed E-state index contributed by atoms with van der Waals surface area (Å²) in [4.78, 5) is 25.5. The molecular formula is C15H20N2O2. The fraction of sp³-hybridized carbons (Fsp3) is 0.467. The van der Waals surface area contributed by atoms with Gasteiger partial charge in [0.05, 0.1) is 0 Å². The minimum absolute atomic E-state index is 0.0375. The number of nitrogens with one attached hydrogen (secondary N) is 1. The van der Waals surface area contributed by atoms with Gasteiger partial charge in [-0.15, -0.1) is 0 Å². The van der Waals surface area contributed by atoms with Crippen molar-refractivity contribution in [1.82, 2.24) is 5.32 Å². The fourth-order valence-electron chi connectivity index (χ4n) is 2.45. The monoisotopic (exact) mass is 260 g/mol. The topological polar surface area (TPSA) is 49.4 Å². The molecule has 0 unspecified atom stereocenters. The molecule has 0 fully saturated rings. The van der Waals surface area contributed by atoms with Gasteiger partial charge in [-0.1, -0.05) is 31.5 Å². The van der Waals surface area contributed by atoms with Crippen LogP contribution >= 0.6 is 0 Å². The predicted octanol–water partition coefficient (Wildman–Crippen LogP) is 2.17. The average molecular weight is 260 g/mol. The van der Waals surface area contributed by atoms with Gasteiger partial charge >= 0.3 is 0 Å². The van der Waals surface area contributed by atoms with Crippen molar-refractivity contribution in [3.05, 3.63) is 29.3 Å². The summed E-state index contributed by atoms with van der Waals surface area (Å²) in [5.74, 6) is 0.163. The molecule has 1 aliphatic heterocycles. The molecule has 4 heteroatoms. The summed E-state index contributed by atoms with van der Waals surface area (Å²) in [6.45, 7) is 8.25. The molecule has 1 aliphatic rings. The van der Waals surface area contributed by atoms with E-state index in [2.05, 4.69) is 19.2 Å². The zero-order chi connectivity index (χ0) is 14.2. The molecule has 0 spiro atoms. The minimum Gasteiger partial charge on any atom is -0.341 e. The van der Waals surface area contributed by atoms with Crippen molar-refractivity contribution in [3.63, 3.8) is 0 Å². The first-order valence-electron chi connectivity index (χ1n) is 6.59. The summed E-state index contributed by atoms with van der Waals surface area (Å²) >= 11 is 0. The Morgan fingerprint density at radius 2 is 2.11 bits per heavy atom. The quantitative estimate of drug-likeness (QED) is 0.905. The third-order valence-electron chi connectivity index (χ3n) is 3.19. The molecule has 0 aromatic heterocycles. The Kier molecular flexibility index (Phi) is 3.60. The third-order valence-corrected chi connectivity index (χ3v) is 3.19. The first-order chi connectivity index (χ1) is 8.90. The summed E-state index contributed by atoms with van der Waals surface area (Å²) in [6, 6.07) is 5.41. The molecule has 1 aromatic rings. The molecule has 0 aliphatic carbocycles. The van der Waals surface area contributed by atoms with Crippen molar-refractivity contribution in [2.75, 3.05) is 11.4 Å². The number of aryl methyl sites for hydroxylation is 1. The Bertz CT molecular complexity index is 523. The molecule has 0 saturated carbocycles. The average Bonchev–Trinajstić information content (AvgIpc) is 2.53. The van der Waals surface area contributed by atoms with Crippen molar-refractivity contribution in [2.45, 2.75) is 33.7 Å². The number of hydrogen-bond donors (Lipinski definition) is 1. The van der Waals surface area contributed by atoms with E-state index < -0.39 is 6.04 Å². The summed E-state index contributed by atoms with van der Waals surface area (Å²) in [6.07, 6.45) is 0. The highest BCUT2D eigenvalue weighted by Crippen LogP contribution is 2.36. The Labute approximate surface area is 113 Å². The van der Waals surface area contributed by atoms with Gasteiger partial charge in [0.25, 0.3) is 5.91 Å². The van der Waals surface area contributed by atoms with E-state index in [0.29, 0.717) is 12.5 Å². The first kappa shape index (κ1) is 13.6. The zero-order valence-electron chi connectivity index (χ0n) is 11.9. The Morgan fingerprint density at radius 1 is 1.42 bits per heavy atom. The van der Waals surface area contributed by atoms with Gasteiger partial charge in [-0.2, -0.15) is 0 Å². The number of hydrogen-bond acceptors (Lipinski definition) is 2. The third kappa shape index (κ3) is 2.62. The maximum atomic E-state index is 12.5. The van der Waals surface area contributed by atoms with E-state index in [1.54, 1.807) is 4.90 Å². The largest absolute Gasteiger partial charge is 0.341 e. The number of rotatable bonds is 3. The van der Waals surface area contributed by atoms with E-state index in [4.69, 9.17) is 0 Å². The number of amides is 2. The van der Waals surface area contributed by atoms with Crippen LogP contribution < -0.4 is 10.2 Å². The van der Waals surface area contributed by atoms with Crippen molar-refractivity contribution in [2.24, 2.45) is 5.92 Å². The molecule has 1 atom stereocenters. The highest BCUT2D eigenvalue weighted by molar-refractivity contribution is 6.06. The molecule has 1 N–H and O–H groups in total. The first-order valence-corrected chi connectivity index (χ1v) is 6.59. The summed E-state index contributed by atoms with van der Waals surface area (Å²) in [5, 5.41) is 2.75. The number of anilines is 1. The Hall–Kier alpha value is -1.84. The fourth-order valence-corrected chi connectivity index (χ4v) is 2.45. The van der Waals surface area contributed by atoms with Gasteiger partial charge in [0.1, 0.15) is 6.04 Å². The Balaban J connectivity index is 2.42. The number of carbonyl (C=O) groups is 2. The van der Waals surface area contributed by atoms with E-state index >= 15 is 0 Å². The smallest absolute Gasteiger partial charge is 0.254 e. The van der Waals surface area contributed by atoms with E-state index in [9.17, 15) is 9.59 Å². The van der Waals surface area contributed by atoms with E-state index in [0.717, 1.165) is 16.8 Å². The van der Waals surface area contributed by atoms with Crippen LogP contribution in [0.5, 0.6) is 0 Å². The predicted molar refractivity (Wildman–Crippen MR) is 74.9 cm³/mol. The number of benzene rings is 1. The molecule has 0 saturated heterocycles. The van der Waals surface area contributed by atoms with Gasteiger partial charge in [0, 0.05) is 24.7 Å². The lowest BCUT2D eigenvalue weighted by Crippen LogP contribution is -2.38.